The lowest BCUT2D eigenvalue weighted by atomic mass is 9.84. The molecule has 0 aromatic carbocycles. The second-order valence-electron chi connectivity index (χ2n) is 5.12. The van der Waals surface area contributed by atoms with Crippen LogP contribution >= 0.6 is 0 Å². The number of hydrogen-bond donors (Lipinski definition) is 1. The summed E-state index contributed by atoms with van der Waals surface area (Å²) >= 11 is 0. The predicted octanol–water partition coefficient (Wildman–Crippen LogP) is 1.98. The summed E-state index contributed by atoms with van der Waals surface area (Å²) in [6.45, 7) is 8.38. The van der Waals surface area contributed by atoms with Crippen LogP contribution in [0.25, 0.3) is 0 Å². The Bertz CT molecular complexity index is 273. The van der Waals surface area contributed by atoms with Crippen molar-refractivity contribution in [1.29, 1.82) is 0 Å². The monoisotopic (exact) mass is 227 g/mol. The first kappa shape index (κ1) is 13.0. The van der Waals surface area contributed by atoms with Crippen LogP contribution in [0, 0.1) is 17.8 Å². The van der Waals surface area contributed by atoms with Gasteiger partial charge in [-0.2, -0.15) is 0 Å². The van der Waals surface area contributed by atoms with Crippen molar-refractivity contribution >= 4 is 11.9 Å². The Morgan fingerprint density at radius 3 is 2.44 bits per heavy atom. The molecule has 0 spiro atoms. The van der Waals surface area contributed by atoms with Gasteiger partial charge < -0.3 is 10.1 Å². The second-order valence-corrected chi connectivity index (χ2v) is 5.12. The van der Waals surface area contributed by atoms with Crippen molar-refractivity contribution in [2.75, 3.05) is 6.54 Å². The van der Waals surface area contributed by atoms with Crippen molar-refractivity contribution in [1.82, 2.24) is 5.32 Å². The standard InChI is InChI=1S/C12H21NO3/c1-7(2)5-9(11(14)8(3)4)10-6-13-12(15)16-10/h7-10H,5-6H2,1-4H3,(H,13,15)/t9-,10?/m0/s1. The molecule has 1 amide bonds. The zero-order valence-electron chi connectivity index (χ0n) is 10.4. The molecule has 1 fully saturated rings. The van der Waals surface area contributed by atoms with E-state index >= 15 is 0 Å². The van der Waals surface area contributed by atoms with E-state index in [0.717, 1.165) is 6.42 Å². The fourth-order valence-electron chi connectivity index (χ4n) is 2.02. The Labute approximate surface area is 96.7 Å². The highest BCUT2D eigenvalue weighted by Crippen LogP contribution is 2.24. The molecule has 1 aliphatic heterocycles. The van der Waals surface area contributed by atoms with Crippen LogP contribution in [-0.4, -0.2) is 24.5 Å². The van der Waals surface area contributed by atoms with Gasteiger partial charge in [0.25, 0.3) is 0 Å². The summed E-state index contributed by atoms with van der Waals surface area (Å²) < 4.78 is 5.12. The number of Topliss-reactive ketones (excluding diaryl/α,β-unsaturated/α-hetero) is 1. The molecular formula is C12H21NO3. The number of hydrogen-bond acceptors (Lipinski definition) is 3. The molecular weight excluding hydrogens is 206 g/mol. The summed E-state index contributed by atoms with van der Waals surface area (Å²) in [5.74, 6) is 0.434. The minimum atomic E-state index is -0.407. The number of ether oxygens (including phenoxy) is 1. The first-order chi connectivity index (χ1) is 7.41. The van der Waals surface area contributed by atoms with E-state index in [-0.39, 0.29) is 23.7 Å². The first-order valence-corrected chi connectivity index (χ1v) is 5.90. The zero-order valence-corrected chi connectivity index (χ0v) is 10.4. The number of carbonyl (C=O) groups excluding carboxylic acids is 2. The van der Waals surface area contributed by atoms with Crippen molar-refractivity contribution < 1.29 is 14.3 Å². The van der Waals surface area contributed by atoms with Crippen LogP contribution in [0.3, 0.4) is 0 Å². The van der Waals surface area contributed by atoms with Gasteiger partial charge in [-0.25, -0.2) is 4.79 Å². The number of ketones is 1. The molecule has 4 nitrogen and oxygen atoms in total. The van der Waals surface area contributed by atoms with Gasteiger partial charge in [0.1, 0.15) is 11.9 Å². The lowest BCUT2D eigenvalue weighted by Gasteiger charge is -2.23. The largest absolute Gasteiger partial charge is 0.444 e. The summed E-state index contributed by atoms with van der Waals surface area (Å²) in [4.78, 5) is 23.0. The van der Waals surface area contributed by atoms with Crippen LogP contribution in [0.15, 0.2) is 0 Å². The molecule has 1 N–H and O–H groups in total. The lowest BCUT2D eigenvalue weighted by molar-refractivity contribution is -0.129. The number of alkyl carbamates (subject to hydrolysis) is 1. The summed E-state index contributed by atoms with van der Waals surface area (Å²) in [6.07, 6.45) is 0.0801. The maximum absolute atomic E-state index is 12.1. The van der Waals surface area contributed by atoms with Crippen LogP contribution in [0.2, 0.25) is 0 Å². The van der Waals surface area contributed by atoms with E-state index in [1.165, 1.54) is 0 Å². The van der Waals surface area contributed by atoms with Gasteiger partial charge in [0, 0.05) is 5.92 Å². The van der Waals surface area contributed by atoms with E-state index < -0.39 is 6.09 Å². The molecule has 0 aliphatic carbocycles. The third-order valence-electron chi connectivity index (χ3n) is 2.81. The number of cyclic esters (lactones) is 1. The number of carbonyl (C=O) groups is 2. The average molecular weight is 227 g/mol. The highest BCUT2D eigenvalue weighted by Gasteiger charge is 2.36. The van der Waals surface area contributed by atoms with E-state index in [4.69, 9.17) is 4.74 Å². The fourth-order valence-corrected chi connectivity index (χ4v) is 2.02. The van der Waals surface area contributed by atoms with Crippen molar-refractivity contribution in [2.45, 2.75) is 40.2 Å². The highest BCUT2D eigenvalue weighted by molar-refractivity contribution is 5.84. The van der Waals surface area contributed by atoms with E-state index in [0.29, 0.717) is 12.5 Å². The first-order valence-electron chi connectivity index (χ1n) is 5.90. The summed E-state index contributed by atoms with van der Waals surface area (Å²) in [5, 5.41) is 2.60. The Hall–Kier alpha value is -1.06. The van der Waals surface area contributed by atoms with E-state index in [9.17, 15) is 9.59 Å². The van der Waals surface area contributed by atoms with E-state index in [1.807, 2.05) is 13.8 Å². The third kappa shape index (κ3) is 3.22. The minimum Gasteiger partial charge on any atom is -0.444 e. The molecule has 1 rings (SSSR count). The molecule has 1 unspecified atom stereocenters. The van der Waals surface area contributed by atoms with E-state index in [2.05, 4.69) is 19.2 Å². The van der Waals surface area contributed by atoms with Gasteiger partial charge in [0.15, 0.2) is 0 Å². The van der Waals surface area contributed by atoms with Crippen molar-refractivity contribution in [3.05, 3.63) is 0 Å². The van der Waals surface area contributed by atoms with Crippen LogP contribution in [0.1, 0.15) is 34.1 Å². The molecule has 1 aliphatic rings. The average Bonchev–Trinajstić information content (AvgIpc) is 2.59. The summed E-state index contributed by atoms with van der Waals surface area (Å²) in [6, 6.07) is 0. The lowest BCUT2D eigenvalue weighted by Crippen LogP contribution is -2.34. The Balaban J connectivity index is 2.70. The van der Waals surface area contributed by atoms with Crippen LogP contribution < -0.4 is 5.32 Å². The molecule has 0 radical (unpaired) electrons. The molecule has 2 atom stereocenters. The molecule has 0 aromatic rings. The molecule has 1 heterocycles. The van der Waals surface area contributed by atoms with Crippen LogP contribution in [0.5, 0.6) is 0 Å². The Morgan fingerprint density at radius 1 is 1.44 bits per heavy atom. The van der Waals surface area contributed by atoms with Crippen LogP contribution in [-0.2, 0) is 9.53 Å². The molecule has 0 aromatic heterocycles. The van der Waals surface area contributed by atoms with Gasteiger partial charge in [-0.3, -0.25) is 4.79 Å². The molecule has 0 saturated carbocycles. The highest BCUT2D eigenvalue weighted by atomic mass is 16.6. The zero-order chi connectivity index (χ0) is 12.3. The van der Waals surface area contributed by atoms with Gasteiger partial charge in [-0.05, 0) is 12.3 Å². The summed E-state index contributed by atoms with van der Waals surface area (Å²) in [7, 11) is 0. The maximum atomic E-state index is 12.1. The quantitative estimate of drug-likeness (QED) is 0.781. The van der Waals surface area contributed by atoms with Crippen LogP contribution in [0.4, 0.5) is 4.79 Å². The summed E-state index contributed by atoms with van der Waals surface area (Å²) in [5.41, 5.74) is 0. The smallest absolute Gasteiger partial charge is 0.407 e. The maximum Gasteiger partial charge on any atom is 0.407 e. The normalized spacial score (nSPS) is 22.1. The molecule has 0 bridgehead atoms. The fraction of sp³-hybridized carbons (Fsp3) is 0.833. The van der Waals surface area contributed by atoms with Crippen molar-refractivity contribution in [3.63, 3.8) is 0 Å². The van der Waals surface area contributed by atoms with Gasteiger partial charge in [0.05, 0.1) is 12.5 Å². The van der Waals surface area contributed by atoms with Gasteiger partial charge >= 0.3 is 6.09 Å². The molecule has 4 heteroatoms. The minimum absolute atomic E-state index is 0.0111. The molecule has 16 heavy (non-hydrogen) atoms. The topological polar surface area (TPSA) is 55.4 Å². The predicted molar refractivity (Wildman–Crippen MR) is 61.1 cm³/mol. The van der Waals surface area contributed by atoms with Crippen molar-refractivity contribution in [3.8, 4) is 0 Å². The van der Waals surface area contributed by atoms with Gasteiger partial charge in [0.2, 0.25) is 0 Å². The number of rotatable bonds is 5. The molecule has 92 valence electrons. The van der Waals surface area contributed by atoms with Crippen molar-refractivity contribution in [2.24, 2.45) is 17.8 Å². The van der Waals surface area contributed by atoms with E-state index in [1.54, 1.807) is 0 Å². The Morgan fingerprint density at radius 2 is 2.06 bits per heavy atom. The molecule has 1 saturated heterocycles. The van der Waals surface area contributed by atoms with Gasteiger partial charge in [-0.15, -0.1) is 0 Å². The third-order valence-corrected chi connectivity index (χ3v) is 2.81. The van der Waals surface area contributed by atoms with Gasteiger partial charge in [-0.1, -0.05) is 27.7 Å². The second kappa shape index (κ2) is 5.32. The number of amides is 1. The SMILES string of the molecule is CC(C)C[C@H](C(=O)C(C)C)C1CNC(=O)O1. The Kier molecular flexibility index (Phi) is 4.33. The number of nitrogens with one attached hydrogen (secondary N) is 1.